The van der Waals surface area contributed by atoms with Crippen LogP contribution in [0.1, 0.15) is 107 Å². The third-order valence-electron chi connectivity index (χ3n) is 6.97. The standard InChI is InChI=1S/C32H46O5/c1-4-6-8-9-10-11-13-26-23-35-32(36-24-26)28-16-20-30(21-17-28)37-31(33)27-14-18-29(19-15-27)34-22-25(3)12-7-5-2/h14-21,25-26,32H,4-13,22-24H2,1-3H3/t25-,26?,32?/m0/s1. The summed E-state index contributed by atoms with van der Waals surface area (Å²) in [6, 6.07) is 14.5. The number of unbranched alkanes of at least 4 members (excludes halogenated alkanes) is 6. The molecule has 1 saturated heterocycles. The fraction of sp³-hybridized carbons (Fsp3) is 0.594. The molecule has 1 aliphatic rings. The highest BCUT2D eigenvalue weighted by Gasteiger charge is 2.23. The van der Waals surface area contributed by atoms with Gasteiger partial charge in [0.15, 0.2) is 6.29 Å². The summed E-state index contributed by atoms with van der Waals surface area (Å²) in [5, 5.41) is 0. The maximum absolute atomic E-state index is 12.6. The van der Waals surface area contributed by atoms with E-state index in [1.807, 2.05) is 24.3 Å². The van der Waals surface area contributed by atoms with Crippen molar-refractivity contribution in [1.29, 1.82) is 0 Å². The number of carbonyl (C=O) groups is 1. The van der Waals surface area contributed by atoms with Crippen LogP contribution in [-0.2, 0) is 9.47 Å². The van der Waals surface area contributed by atoms with Crippen molar-refractivity contribution >= 4 is 5.97 Å². The van der Waals surface area contributed by atoms with E-state index in [0.717, 1.165) is 24.5 Å². The molecule has 5 heteroatoms. The van der Waals surface area contributed by atoms with E-state index >= 15 is 0 Å². The molecule has 0 bridgehead atoms. The number of hydrogen-bond donors (Lipinski definition) is 0. The van der Waals surface area contributed by atoms with Gasteiger partial charge in [-0.05, 0) is 55.2 Å². The molecule has 0 radical (unpaired) electrons. The number of esters is 1. The van der Waals surface area contributed by atoms with Gasteiger partial charge in [-0.15, -0.1) is 0 Å². The Morgan fingerprint density at radius 1 is 0.838 bits per heavy atom. The Hall–Kier alpha value is -2.37. The van der Waals surface area contributed by atoms with Gasteiger partial charge in [0.25, 0.3) is 0 Å². The molecular weight excluding hydrogens is 464 g/mol. The second-order valence-electron chi connectivity index (χ2n) is 10.5. The molecule has 0 unspecified atom stereocenters. The quantitative estimate of drug-likeness (QED) is 0.129. The lowest BCUT2D eigenvalue weighted by Crippen LogP contribution is -2.27. The highest BCUT2D eigenvalue weighted by Crippen LogP contribution is 2.29. The largest absolute Gasteiger partial charge is 0.493 e. The Bertz CT molecular complexity index is 884. The van der Waals surface area contributed by atoms with Crippen LogP contribution in [0, 0.1) is 11.8 Å². The number of hydrogen-bond acceptors (Lipinski definition) is 5. The minimum atomic E-state index is -0.390. The second-order valence-corrected chi connectivity index (χ2v) is 10.5. The van der Waals surface area contributed by atoms with Crippen LogP contribution < -0.4 is 9.47 Å². The molecule has 0 N–H and O–H groups in total. The van der Waals surface area contributed by atoms with Crippen molar-refractivity contribution in [3.05, 3.63) is 59.7 Å². The van der Waals surface area contributed by atoms with Crippen molar-refractivity contribution < 1.29 is 23.7 Å². The fourth-order valence-corrected chi connectivity index (χ4v) is 4.54. The van der Waals surface area contributed by atoms with E-state index in [1.165, 1.54) is 64.2 Å². The van der Waals surface area contributed by atoms with Crippen LogP contribution >= 0.6 is 0 Å². The molecule has 2 aromatic carbocycles. The molecule has 204 valence electrons. The van der Waals surface area contributed by atoms with Crippen molar-refractivity contribution in [2.75, 3.05) is 19.8 Å². The van der Waals surface area contributed by atoms with Crippen molar-refractivity contribution in [3.63, 3.8) is 0 Å². The van der Waals surface area contributed by atoms with E-state index in [0.29, 0.717) is 29.8 Å². The lowest BCUT2D eigenvalue weighted by Gasteiger charge is -2.29. The smallest absolute Gasteiger partial charge is 0.343 e. The molecule has 5 nitrogen and oxygen atoms in total. The molecule has 2 aromatic rings. The summed E-state index contributed by atoms with van der Waals surface area (Å²) in [4.78, 5) is 12.6. The van der Waals surface area contributed by atoms with Crippen LogP contribution in [0.15, 0.2) is 48.5 Å². The van der Waals surface area contributed by atoms with Crippen molar-refractivity contribution in [2.45, 2.75) is 91.3 Å². The number of carbonyl (C=O) groups excluding carboxylic acids is 1. The average molecular weight is 511 g/mol. The zero-order valence-corrected chi connectivity index (χ0v) is 23.1. The van der Waals surface area contributed by atoms with Crippen LogP contribution in [0.2, 0.25) is 0 Å². The first-order valence-corrected chi connectivity index (χ1v) is 14.4. The fourth-order valence-electron chi connectivity index (χ4n) is 4.54. The molecule has 0 saturated carbocycles. The van der Waals surface area contributed by atoms with Crippen LogP contribution in [-0.4, -0.2) is 25.8 Å². The summed E-state index contributed by atoms with van der Waals surface area (Å²) < 4.78 is 23.4. The summed E-state index contributed by atoms with van der Waals surface area (Å²) in [6.07, 6.45) is 12.3. The van der Waals surface area contributed by atoms with Crippen molar-refractivity contribution in [2.24, 2.45) is 11.8 Å². The first-order valence-electron chi connectivity index (χ1n) is 14.4. The van der Waals surface area contributed by atoms with Crippen LogP contribution in [0.3, 0.4) is 0 Å². The van der Waals surface area contributed by atoms with Gasteiger partial charge in [-0.2, -0.15) is 0 Å². The molecule has 1 heterocycles. The summed E-state index contributed by atoms with van der Waals surface area (Å²) in [7, 11) is 0. The monoisotopic (exact) mass is 510 g/mol. The Morgan fingerprint density at radius 3 is 2.14 bits per heavy atom. The maximum atomic E-state index is 12.6. The van der Waals surface area contributed by atoms with Gasteiger partial charge in [-0.3, -0.25) is 0 Å². The molecule has 0 amide bonds. The molecule has 1 aliphatic heterocycles. The first-order chi connectivity index (χ1) is 18.1. The molecular formula is C32H46O5. The van der Waals surface area contributed by atoms with Gasteiger partial charge in [0.05, 0.1) is 25.4 Å². The Balaban J connectivity index is 1.38. The zero-order valence-electron chi connectivity index (χ0n) is 23.1. The van der Waals surface area contributed by atoms with Crippen molar-refractivity contribution in [1.82, 2.24) is 0 Å². The lowest BCUT2D eigenvalue weighted by atomic mass is 10.0. The number of benzene rings is 2. The predicted octanol–water partition coefficient (Wildman–Crippen LogP) is 8.52. The Kier molecular flexibility index (Phi) is 13.0. The van der Waals surface area contributed by atoms with Crippen LogP contribution in [0.25, 0.3) is 0 Å². The van der Waals surface area contributed by atoms with Gasteiger partial charge in [0, 0.05) is 11.5 Å². The van der Waals surface area contributed by atoms with E-state index in [9.17, 15) is 4.79 Å². The van der Waals surface area contributed by atoms with Gasteiger partial charge < -0.3 is 18.9 Å². The summed E-state index contributed by atoms with van der Waals surface area (Å²) in [5.74, 6) is 1.87. The summed E-state index contributed by atoms with van der Waals surface area (Å²) in [6.45, 7) is 8.80. The third-order valence-corrected chi connectivity index (χ3v) is 6.97. The highest BCUT2D eigenvalue weighted by molar-refractivity contribution is 5.91. The molecule has 37 heavy (non-hydrogen) atoms. The van der Waals surface area contributed by atoms with Gasteiger partial charge in [0.1, 0.15) is 11.5 Å². The summed E-state index contributed by atoms with van der Waals surface area (Å²) >= 11 is 0. The Morgan fingerprint density at radius 2 is 1.46 bits per heavy atom. The SMILES string of the molecule is CCCCCCCCC1COC(c2ccc(OC(=O)c3ccc(OC[C@@H](C)CCCC)cc3)cc2)OC1. The minimum Gasteiger partial charge on any atom is -0.493 e. The maximum Gasteiger partial charge on any atom is 0.343 e. The normalized spacial score (nSPS) is 18.4. The van der Waals surface area contributed by atoms with Crippen LogP contribution in [0.5, 0.6) is 11.5 Å². The van der Waals surface area contributed by atoms with Gasteiger partial charge >= 0.3 is 5.97 Å². The molecule has 1 fully saturated rings. The van der Waals surface area contributed by atoms with E-state index in [1.54, 1.807) is 24.3 Å². The van der Waals surface area contributed by atoms with E-state index in [-0.39, 0.29) is 6.29 Å². The second kappa shape index (κ2) is 16.5. The van der Waals surface area contributed by atoms with Gasteiger partial charge in [-0.1, -0.05) is 84.3 Å². The van der Waals surface area contributed by atoms with Gasteiger partial charge in [-0.25, -0.2) is 4.79 Å². The topological polar surface area (TPSA) is 54.0 Å². The predicted molar refractivity (Wildman–Crippen MR) is 148 cm³/mol. The van der Waals surface area contributed by atoms with E-state index in [2.05, 4.69) is 20.8 Å². The number of ether oxygens (including phenoxy) is 4. The average Bonchev–Trinajstić information content (AvgIpc) is 2.93. The molecule has 3 rings (SSSR count). The van der Waals surface area contributed by atoms with E-state index in [4.69, 9.17) is 18.9 Å². The van der Waals surface area contributed by atoms with Gasteiger partial charge in [0.2, 0.25) is 0 Å². The molecule has 0 aliphatic carbocycles. The number of rotatable bonds is 16. The summed E-state index contributed by atoms with van der Waals surface area (Å²) in [5.41, 5.74) is 1.43. The van der Waals surface area contributed by atoms with Crippen molar-refractivity contribution in [3.8, 4) is 11.5 Å². The molecule has 0 spiro atoms. The molecule has 0 aromatic heterocycles. The molecule has 1 atom stereocenters. The lowest BCUT2D eigenvalue weighted by molar-refractivity contribution is -0.206. The third kappa shape index (κ3) is 10.5. The minimum absolute atomic E-state index is 0.359. The Labute approximate surface area is 223 Å². The van der Waals surface area contributed by atoms with Crippen LogP contribution in [0.4, 0.5) is 0 Å². The highest BCUT2D eigenvalue weighted by atomic mass is 16.7. The van der Waals surface area contributed by atoms with E-state index < -0.39 is 5.97 Å². The first kappa shape index (κ1) is 29.2. The zero-order chi connectivity index (χ0) is 26.3.